The third-order valence-corrected chi connectivity index (χ3v) is 2.46. The van der Waals surface area contributed by atoms with E-state index in [-0.39, 0.29) is 6.42 Å². The lowest BCUT2D eigenvalue weighted by atomic mass is 10.2. The average Bonchev–Trinajstić information content (AvgIpc) is 2.36. The molecule has 0 saturated heterocycles. The van der Waals surface area contributed by atoms with Crippen molar-refractivity contribution >= 4 is 28.9 Å². The zero-order valence-corrected chi connectivity index (χ0v) is 7.60. The summed E-state index contributed by atoms with van der Waals surface area (Å²) in [6.07, 6.45) is 0.178. The highest BCUT2D eigenvalue weighted by molar-refractivity contribution is 7.14. The molecule has 0 aromatic carbocycles. The summed E-state index contributed by atoms with van der Waals surface area (Å²) in [5, 5.41) is 8.48. The molecule has 1 heterocycles. The van der Waals surface area contributed by atoms with E-state index in [2.05, 4.69) is 4.98 Å². The molecule has 0 fully saturated rings. The lowest BCUT2D eigenvalue weighted by Crippen LogP contribution is -2.32. The predicted molar refractivity (Wildman–Crippen MR) is 46.4 cm³/mol. The third kappa shape index (κ3) is 2.17. The Balaban J connectivity index is 2.64. The SMILES string of the molecule is N[C@H](Cc1ncsc1Cl)C(=O)O. The van der Waals surface area contributed by atoms with Crippen LogP contribution in [0.4, 0.5) is 0 Å². The molecule has 0 radical (unpaired) electrons. The summed E-state index contributed by atoms with van der Waals surface area (Å²) in [6.45, 7) is 0. The van der Waals surface area contributed by atoms with Crippen LogP contribution in [0, 0.1) is 0 Å². The predicted octanol–water partition coefficient (Wildman–Crippen LogP) is 0.751. The number of rotatable bonds is 3. The van der Waals surface area contributed by atoms with E-state index < -0.39 is 12.0 Å². The summed E-state index contributed by atoms with van der Waals surface area (Å²) in [5.41, 5.74) is 7.40. The second-order valence-corrected chi connectivity index (χ2v) is 3.68. The maximum absolute atomic E-state index is 10.3. The molecule has 1 aromatic rings. The highest BCUT2D eigenvalue weighted by Crippen LogP contribution is 2.20. The van der Waals surface area contributed by atoms with Gasteiger partial charge in [-0.05, 0) is 0 Å². The minimum atomic E-state index is -1.04. The van der Waals surface area contributed by atoms with Crippen LogP contribution in [-0.2, 0) is 11.2 Å². The Morgan fingerprint density at radius 1 is 1.92 bits per heavy atom. The molecule has 66 valence electrons. The van der Waals surface area contributed by atoms with Crippen molar-refractivity contribution in [3.8, 4) is 0 Å². The van der Waals surface area contributed by atoms with Crippen LogP contribution in [0.15, 0.2) is 5.51 Å². The third-order valence-electron chi connectivity index (χ3n) is 1.32. The molecular weight excluding hydrogens is 200 g/mol. The topological polar surface area (TPSA) is 76.2 Å². The molecule has 1 aromatic heterocycles. The fourth-order valence-corrected chi connectivity index (χ4v) is 1.47. The minimum absolute atomic E-state index is 0.178. The number of aliphatic carboxylic acids is 1. The number of carboxylic acid groups (broad SMARTS) is 1. The van der Waals surface area contributed by atoms with Gasteiger partial charge in [0.25, 0.3) is 0 Å². The zero-order chi connectivity index (χ0) is 9.14. The second kappa shape index (κ2) is 3.84. The maximum Gasteiger partial charge on any atom is 0.320 e. The van der Waals surface area contributed by atoms with E-state index in [0.717, 1.165) is 0 Å². The molecule has 12 heavy (non-hydrogen) atoms. The van der Waals surface area contributed by atoms with Crippen LogP contribution in [0.5, 0.6) is 0 Å². The summed E-state index contributed by atoms with van der Waals surface area (Å²) in [7, 11) is 0. The van der Waals surface area contributed by atoms with Crippen LogP contribution in [0.1, 0.15) is 5.69 Å². The van der Waals surface area contributed by atoms with Gasteiger partial charge in [-0.15, -0.1) is 11.3 Å². The number of nitrogens with two attached hydrogens (primary N) is 1. The van der Waals surface area contributed by atoms with Crippen molar-refractivity contribution in [3.63, 3.8) is 0 Å². The van der Waals surface area contributed by atoms with Gasteiger partial charge in [0.15, 0.2) is 0 Å². The molecule has 1 rings (SSSR count). The number of carboxylic acids is 1. The molecule has 3 N–H and O–H groups in total. The molecule has 0 aliphatic heterocycles. The van der Waals surface area contributed by atoms with Gasteiger partial charge in [-0.3, -0.25) is 4.79 Å². The lowest BCUT2D eigenvalue weighted by Gasteiger charge is -2.02. The summed E-state index contributed by atoms with van der Waals surface area (Å²) in [4.78, 5) is 14.2. The Morgan fingerprint density at radius 2 is 2.58 bits per heavy atom. The van der Waals surface area contributed by atoms with Gasteiger partial charge in [-0.2, -0.15) is 0 Å². The van der Waals surface area contributed by atoms with Gasteiger partial charge in [0.05, 0.1) is 11.2 Å². The molecule has 0 aliphatic rings. The zero-order valence-electron chi connectivity index (χ0n) is 6.03. The Hall–Kier alpha value is -0.650. The highest BCUT2D eigenvalue weighted by Gasteiger charge is 2.15. The fourth-order valence-electron chi connectivity index (χ4n) is 0.684. The Morgan fingerprint density at radius 3 is 3.00 bits per heavy atom. The number of nitrogens with zero attached hydrogens (tertiary/aromatic N) is 1. The molecule has 1 atom stereocenters. The first-order valence-corrected chi connectivity index (χ1v) is 4.43. The van der Waals surface area contributed by atoms with Crippen molar-refractivity contribution in [2.75, 3.05) is 0 Å². The van der Waals surface area contributed by atoms with Crippen molar-refractivity contribution < 1.29 is 9.90 Å². The standard InChI is InChI=1S/C6H7ClN2O2S/c7-5-4(9-2-12-5)1-3(8)6(10)11/h2-3H,1,8H2,(H,10,11)/t3-/m1/s1. The van der Waals surface area contributed by atoms with Gasteiger partial charge >= 0.3 is 5.97 Å². The Labute approximate surface area is 78.0 Å². The van der Waals surface area contributed by atoms with E-state index in [1.165, 1.54) is 11.3 Å². The highest BCUT2D eigenvalue weighted by atomic mass is 35.5. The van der Waals surface area contributed by atoms with Crippen molar-refractivity contribution in [3.05, 3.63) is 15.5 Å². The van der Waals surface area contributed by atoms with Gasteiger partial charge in [-0.25, -0.2) is 4.98 Å². The molecule has 0 unspecified atom stereocenters. The van der Waals surface area contributed by atoms with Gasteiger partial charge in [-0.1, -0.05) is 11.6 Å². The minimum Gasteiger partial charge on any atom is -0.480 e. The first-order valence-electron chi connectivity index (χ1n) is 3.17. The van der Waals surface area contributed by atoms with Crippen molar-refractivity contribution in [1.82, 2.24) is 4.98 Å². The second-order valence-electron chi connectivity index (χ2n) is 2.22. The van der Waals surface area contributed by atoms with E-state index in [0.29, 0.717) is 10.0 Å². The van der Waals surface area contributed by atoms with Crippen LogP contribution < -0.4 is 5.73 Å². The number of hydrogen-bond donors (Lipinski definition) is 2. The van der Waals surface area contributed by atoms with E-state index in [1.807, 2.05) is 0 Å². The first kappa shape index (κ1) is 9.44. The average molecular weight is 207 g/mol. The summed E-state index contributed by atoms with van der Waals surface area (Å²) in [6, 6.07) is -0.926. The number of aromatic nitrogens is 1. The Kier molecular flexibility index (Phi) is 3.02. The van der Waals surface area contributed by atoms with Crippen LogP contribution in [-0.4, -0.2) is 22.1 Å². The lowest BCUT2D eigenvalue weighted by molar-refractivity contribution is -0.138. The number of hydrogen-bond acceptors (Lipinski definition) is 4. The van der Waals surface area contributed by atoms with Crippen LogP contribution in [0.2, 0.25) is 4.34 Å². The normalized spacial score (nSPS) is 12.8. The van der Waals surface area contributed by atoms with Crippen molar-refractivity contribution in [1.29, 1.82) is 0 Å². The fraction of sp³-hybridized carbons (Fsp3) is 0.333. The molecule has 0 bridgehead atoms. The van der Waals surface area contributed by atoms with E-state index in [1.54, 1.807) is 5.51 Å². The smallest absolute Gasteiger partial charge is 0.320 e. The van der Waals surface area contributed by atoms with E-state index >= 15 is 0 Å². The molecule has 0 saturated carbocycles. The molecule has 6 heteroatoms. The largest absolute Gasteiger partial charge is 0.480 e. The monoisotopic (exact) mass is 206 g/mol. The molecular formula is C6H7ClN2O2S. The number of carbonyl (C=O) groups is 1. The number of halogens is 1. The first-order chi connectivity index (χ1) is 5.61. The van der Waals surface area contributed by atoms with Crippen LogP contribution in [0.3, 0.4) is 0 Å². The number of thiazole rings is 1. The van der Waals surface area contributed by atoms with Crippen LogP contribution >= 0.6 is 22.9 Å². The summed E-state index contributed by atoms with van der Waals surface area (Å²) in [5.74, 6) is -1.04. The van der Waals surface area contributed by atoms with Gasteiger partial charge in [0.2, 0.25) is 0 Å². The van der Waals surface area contributed by atoms with Crippen LogP contribution in [0.25, 0.3) is 0 Å². The van der Waals surface area contributed by atoms with E-state index in [9.17, 15) is 4.79 Å². The van der Waals surface area contributed by atoms with Gasteiger partial charge in [0.1, 0.15) is 10.4 Å². The summed E-state index contributed by atoms with van der Waals surface area (Å²) < 4.78 is 0.506. The van der Waals surface area contributed by atoms with Crippen molar-refractivity contribution in [2.45, 2.75) is 12.5 Å². The van der Waals surface area contributed by atoms with Gasteiger partial charge in [0, 0.05) is 6.42 Å². The quantitative estimate of drug-likeness (QED) is 0.765. The molecule has 0 aliphatic carbocycles. The van der Waals surface area contributed by atoms with Gasteiger partial charge < -0.3 is 10.8 Å². The molecule has 0 amide bonds. The maximum atomic E-state index is 10.3. The molecule has 0 spiro atoms. The van der Waals surface area contributed by atoms with Crippen molar-refractivity contribution in [2.24, 2.45) is 5.73 Å². The Bertz CT molecular complexity index is 289. The molecule has 4 nitrogen and oxygen atoms in total. The summed E-state index contributed by atoms with van der Waals surface area (Å²) >= 11 is 6.96. The van der Waals surface area contributed by atoms with E-state index in [4.69, 9.17) is 22.4 Å².